The molecule has 1 aliphatic heterocycles. The van der Waals surface area contributed by atoms with Gasteiger partial charge in [0.05, 0.1) is 25.3 Å². The van der Waals surface area contributed by atoms with Crippen LogP contribution in [0.3, 0.4) is 0 Å². The summed E-state index contributed by atoms with van der Waals surface area (Å²) in [5.41, 5.74) is 4.08. The van der Waals surface area contributed by atoms with Crippen LogP contribution in [0.4, 0.5) is 0 Å². The van der Waals surface area contributed by atoms with E-state index >= 15 is 0 Å². The predicted molar refractivity (Wildman–Crippen MR) is 77.3 cm³/mol. The minimum absolute atomic E-state index is 0.0812. The molecule has 2 rings (SSSR count). The van der Waals surface area contributed by atoms with Gasteiger partial charge in [0.25, 0.3) is 0 Å². The summed E-state index contributed by atoms with van der Waals surface area (Å²) in [6.07, 6.45) is 2.18. The predicted octanol–water partition coefficient (Wildman–Crippen LogP) is 2.49. The van der Waals surface area contributed by atoms with Gasteiger partial charge < -0.3 is 9.47 Å². The minimum atomic E-state index is -0.0812. The fourth-order valence-corrected chi connectivity index (χ4v) is 1.87. The maximum Gasteiger partial charge on any atom is 0.246 e. The van der Waals surface area contributed by atoms with Crippen LogP contribution in [0.15, 0.2) is 23.3 Å². The number of benzene rings is 1. The molecule has 0 saturated heterocycles. The van der Waals surface area contributed by atoms with E-state index in [9.17, 15) is 4.79 Å². The third-order valence-corrected chi connectivity index (χ3v) is 2.84. The molecule has 1 amide bonds. The van der Waals surface area contributed by atoms with Crippen molar-refractivity contribution in [3.05, 3.63) is 23.8 Å². The quantitative estimate of drug-likeness (QED) is 0.832. The number of hydrazone groups is 1. The second-order valence-corrected chi connectivity index (χ2v) is 4.63. The average molecular weight is 276 g/mol. The van der Waals surface area contributed by atoms with Crippen molar-refractivity contribution in [2.24, 2.45) is 5.10 Å². The van der Waals surface area contributed by atoms with E-state index < -0.39 is 0 Å². The van der Waals surface area contributed by atoms with Gasteiger partial charge in [0.15, 0.2) is 11.5 Å². The molecule has 0 bridgehead atoms. The Morgan fingerprint density at radius 2 is 1.85 bits per heavy atom. The standard InChI is InChI=1S/C15H20N2O3/c1-3-7-19-13-6-5-11(9-14(13)20-8-4-2)12-10-15(18)17-16-12/h5-6,9H,3-4,7-8,10H2,1-2H3,(H,17,18). The zero-order valence-corrected chi connectivity index (χ0v) is 11.9. The smallest absolute Gasteiger partial charge is 0.246 e. The van der Waals surface area contributed by atoms with Crippen LogP contribution < -0.4 is 14.9 Å². The number of amides is 1. The monoisotopic (exact) mass is 276 g/mol. The molecular formula is C15H20N2O3. The molecule has 5 nitrogen and oxygen atoms in total. The summed E-state index contributed by atoms with van der Waals surface area (Å²) in [5.74, 6) is 1.36. The van der Waals surface area contributed by atoms with Crippen LogP contribution in [0, 0.1) is 0 Å². The van der Waals surface area contributed by atoms with E-state index in [0.717, 1.165) is 29.9 Å². The van der Waals surface area contributed by atoms with Crippen molar-refractivity contribution >= 4 is 11.6 Å². The van der Waals surface area contributed by atoms with E-state index in [4.69, 9.17) is 9.47 Å². The van der Waals surface area contributed by atoms with Crippen LogP contribution in [0.25, 0.3) is 0 Å². The van der Waals surface area contributed by atoms with Gasteiger partial charge >= 0.3 is 0 Å². The summed E-state index contributed by atoms with van der Waals surface area (Å²) in [5, 5.41) is 4.02. The summed E-state index contributed by atoms with van der Waals surface area (Å²) in [6.45, 7) is 5.41. The highest BCUT2D eigenvalue weighted by Gasteiger charge is 2.18. The first-order valence-electron chi connectivity index (χ1n) is 7.00. The molecule has 0 atom stereocenters. The molecule has 1 aromatic rings. The summed E-state index contributed by atoms with van der Waals surface area (Å²) >= 11 is 0. The molecule has 1 heterocycles. The molecule has 20 heavy (non-hydrogen) atoms. The van der Waals surface area contributed by atoms with E-state index in [1.165, 1.54) is 0 Å². The second kappa shape index (κ2) is 6.93. The van der Waals surface area contributed by atoms with Gasteiger partial charge in [0, 0.05) is 5.56 Å². The Balaban J connectivity index is 2.20. The Morgan fingerprint density at radius 1 is 1.15 bits per heavy atom. The maximum absolute atomic E-state index is 11.2. The first-order valence-corrected chi connectivity index (χ1v) is 7.00. The molecule has 0 radical (unpaired) electrons. The van der Waals surface area contributed by atoms with Gasteiger partial charge in [0.2, 0.25) is 5.91 Å². The molecule has 1 aliphatic rings. The highest BCUT2D eigenvalue weighted by molar-refractivity contribution is 6.13. The van der Waals surface area contributed by atoms with Gasteiger partial charge in [-0.05, 0) is 31.0 Å². The summed E-state index contributed by atoms with van der Waals surface area (Å²) < 4.78 is 11.4. The van der Waals surface area contributed by atoms with E-state index in [1.54, 1.807) is 0 Å². The summed E-state index contributed by atoms with van der Waals surface area (Å²) in [6, 6.07) is 5.67. The van der Waals surface area contributed by atoms with E-state index in [0.29, 0.717) is 25.4 Å². The van der Waals surface area contributed by atoms with Crippen LogP contribution in [0.1, 0.15) is 38.7 Å². The van der Waals surface area contributed by atoms with Crippen molar-refractivity contribution in [2.45, 2.75) is 33.1 Å². The van der Waals surface area contributed by atoms with Gasteiger partial charge in [-0.25, -0.2) is 5.43 Å². The van der Waals surface area contributed by atoms with E-state index in [2.05, 4.69) is 24.4 Å². The number of hydrogen-bond acceptors (Lipinski definition) is 4. The van der Waals surface area contributed by atoms with Crippen LogP contribution in [0.5, 0.6) is 11.5 Å². The zero-order valence-electron chi connectivity index (χ0n) is 11.9. The Morgan fingerprint density at radius 3 is 2.45 bits per heavy atom. The molecule has 108 valence electrons. The van der Waals surface area contributed by atoms with Crippen molar-refractivity contribution in [1.29, 1.82) is 0 Å². The number of ether oxygens (including phenoxy) is 2. The van der Waals surface area contributed by atoms with Gasteiger partial charge in [0.1, 0.15) is 0 Å². The summed E-state index contributed by atoms with van der Waals surface area (Å²) in [7, 11) is 0. The van der Waals surface area contributed by atoms with Crippen molar-refractivity contribution in [3.63, 3.8) is 0 Å². The Kier molecular flexibility index (Phi) is 4.98. The van der Waals surface area contributed by atoms with Crippen LogP contribution in [-0.2, 0) is 4.79 Å². The van der Waals surface area contributed by atoms with Gasteiger partial charge in [-0.2, -0.15) is 5.10 Å². The van der Waals surface area contributed by atoms with Gasteiger partial charge in [-0.15, -0.1) is 0 Å². The molecule has 5 heteroatoms. The summed E-state index contributed by atoms with van der Waals surface area (Å²) in [4.78, 5) is 11.2. The topological polar surface area (TPSA) is 59.9 Å². The highest BCUT2D eigenvalue weighted by Crippen LogP contribution is 2.29. The molecule has 0 fully saturated rings. The van der Waals surface area contributed by atoms with Crippen LogP contribution in [-0.4, -0.2) is 24.8 Å². The lowest BCUT2D eigenvalue weighted by atomic mass is 10.1. The van der Waals surface area contributed by atoms with Crippen molar-refractivity contribution in [2.75, 3.05) is 13.2 Å². The van der Waals surface area contributed by atoms with Crippen LogP contribution >= 0.6 is 0 Å². The first kappa shape index (κ1) is 14.4. The highest BCUT2D eigenvalue weighted by atomic mass is 16.5. The zero-order chi connectivity index (χ0) is 14.4. The molecule has 1 N–H and O–H groups in total. The first-order chi connectivity index (χ1) is 9.74. The van der Waals surface area contributed by atoms with Gasteiger partial charge in [-0.3, -0.25) is 4.79 Å². The Hall–Kier alpha value is -2.04. The Labute approximate surface area is 119 Å². The minimum Gasteiger partial charge on any atom is -0.490 e. The van der Waals surface area contributed by atoms with Crippen molar-refractivity contribution < 1.29 is 14.3 Å². The second-order valence-electron chi connectivity index (χ2n) is 4.63. The maximum atomic E-state index is 11.2. The fraction of sp³-hybridized carbons (Fsp3) is 0.467. The third kappa shape index (κ3) is 3.50. The normalized spacial score (nSPS) is 13.9. The largest absolute Gasteiger partial charge is 0.490 e. The molecule has 1 aromatic carbocycles. The molecule has 0 saturated carbocycles. The lowest BCUT2D eigenvalue weighted by Crippen LogP contribution is -2.09. The number of nitrogens with zero attached hydrogens (tertiary/aromatic N) is 1. The number of rotatable bonds is 7. The lowest BCUT2D eigenvalue weighted by Gasteiger charge is -2.13. The number of carbonyl (C=O) groups excluding carboxylic acids is 1. The number of carbonyl (C=O) groups is 1. The fourth-order valence-electron chi connectivity index (χ4n) is 1.87. The number of hydrogen-bond donors (Lipinski definition) is 1. The van der Waals surface area contributed by atoms with Crippen molar-refractivity contribution in [3.8, 4) is 11.5 Å². The Bertz CT molecular complexity index is 512. The van der Waals surface area contributed by atoms with Crippen LogP contribution in [0.2, 0.25) is 0 Å². The van der Waals surface area contributed by atoms with E-state index in [-0.39, 0.29) is 5.91 Å². The van der Waals surface area contributed by atoms with E-state index in [1.807, 2.05) is 18.2 Å². The molecule has 0 aromatic heterocycles. The van der Waals surface area contributed by atoms with Gasteiger partial charge in [-0.1, -0.05) is 13.8 Å². The third-order valence-electron chi connectivity index (χ3n) is 2.84. The molecule has 0 spiro atoms. The SMILES string of the molecule is CCCOc1ccc(C2=NNC(=O)C2)cc1OCCC. The van der Waals surface area contributed by atoms with Crippen molar-refractivity contribution in [1.82, 2.24) is 5.43 Å². The molecular weight excluding hydrogens is 256 g/mol. The lowest BCUT2D eigenvalue weighted by molar-refractivity contribution is -0.119. The number of nitrogens with one attached hydrogen (secondary N) is 1. The average Bonchev–Trinajstić information content (AvgIpc) is 2.90. The molecule has 0 aliphatic carbocycles. The molecule has 0 unspecified atom stereocenters.